The summed E-state index contributed by atoms with van der Waals surface area (Å²) in [6.07, 6.45) is 2.34. The summed E-state index contributed by atoms with van der Waals surface area (Å²) in [5.41, 5.74) is 1.15. The Morgan fingerprint density at radius 2 is 1.88 bits per heavy atom. The van der Waals surface area contributed by atoms with E-state index in [0.29, 0.717) is 12.1 Å². The Morgan fingerprint density at radius 3 is 2.50 bits per heavy atom. The van der Waals surface area contributed by atoms with E-state index in [2.05, 4.69) is 17.6 Å². The third kappa shape index (κ3) is 3.03. The van der Waals surface area contributed by atoms with E-state index >= 15 is 0 Å². The first-order chi connectivity index (χ1) is 7.75. The number of nitrogens with one attached hydrogen (secondary N) is 2. The molecule has 1 aromatic rings. The van der Waals surface area contributed by atoms with E-state index in [1.165, 1.54) is 25.0 Å². The highest BCUT2D eigenvalue weighted by atomic mass is 19.1. The van der Waals surface area contributed by atoms with Crippen molar-refractivity contribution >= 4 is 0 Å². The average Bonchev–Trinajstić information content (AvgIpc) is 2.31. The van der Waals surface area contributed by atoms with Crippen LogP contribution in [0.5, 0.6) is 0 Å². The van der Waals surface area contributed by atoms with Gasteiger partial charge in [0, 0.05) is 12.1 Å². The molecule has 1 heterocycles. The number of halogens is 1. The Kier molecular flexibility index (Phi) is 3.91. The first-order valence-corrected chi connectivity index (χ1v) is 5.98. The zero-order valence-corrected chi connectivity index (χ0v) is 9.67. The summed E-state index contributed by atoms with van der Waals surface area (Å²) < 4.78 is 12.8. The number of hydrogen-bond donors (Lipinski definition) is 2. The van der Waals surface area contributed by atoms with Gasteiger partial charge in [-0.05, 0) is 50.6 Å². The highest BCUT2D eigenvalue weighted by molar-refractivity contribution is 5.19. The minimum atomic E-state index is -0.169. The van der Waals surface area contributed by atoms with E-state index in [9.17, 15) is 4.39 Å². The Balaban J connectivity index is 1.91. The van der Waals surface area contributed by atoms with Crippen molar-refractivity contribution in [1.29, 1.82) is 0 Å². The molecule has 1 saturated heterocycles. The lowest BCUT2D eigenvalue weighted by Crippen LogP contribution is -2.40. The van der Waals surface area contributed by atoms with Gasteiger partial charge < -0.3 is 10.6 Å². The minimum absolute atomic E-state index is 0.169. The summed E-state index contributed by atoms with van der Waals surface area (Å²) in [7, 11) is 0. The van der Waals surface area contributed by atoms with Crippen molar-refractivity contribution in [2.45, 2.75) is 31.8 Å². The number of benzene rings is 1. The van der Waals surface area contributed by atoms with E-state index in [4.69, 9.17) is 0 Å². The lowest BCUT2D eigenvalue weighted by molar-refractivity contribution is 0.359. The van der Waals surface area contributed by atoms with Crippen LogP contribution in [0.3, 0.4) is 0 Å². The van der Waals surface area contributed by atoms with Gasteiger partial charge in [-0.25, -0.2) is 4.39 Å². The molecular formula is C13H19FN2. The third-order valence-electron chi connectivity index (χ3n) is 3.19. The standard InChI is InChI=1S/C13H19FN2/c1-10(11-2-4-12(14)5-3-11)16-13-6-8-15-9-7-13/h2-5,10,13,15-16H,6-9H2,1H3. The summed E-state index contributed by atoms with van der Waals surface area (Å²) in [6.45, 7) is 4.32. The van der Waals surface area contributed by atoms with E-state index in [0.717, 1.165) is 18.7 Å². The molecule has 2 N–H and O–H groups in total. The third-order valence-corrected chi connectivity index (χ3v) is 3.19. The summed E-state index contributed by atoms with van der Waals surface area (Å²) in [5.74, 6) is -0.169. The van der Waals surface area contributed by atoms with Crippen LogP contribution in [-0.2, 0) is 0 Å². The Bertz CT molecular complexity index is 317. The quantitative estimate of drug-likeness (QED) is 0.819. The van der Waals surface area contributed by atoms with Crippen LogP contribution in [0.1, 0.15) is 31.4 Å². The molecule has 0 saturated carbocycles. The molecule has 1 aromatic carbocycles. The van der Waals surface area contributed by atoms with Crippen molar-refractivity contribution in [2.75, 3.05) is 13.1 Å². The molecule has 1 unspecified atom stereocenters. The predicted octanol–water partition coefficient (Wildman–Crippen LogP) is 2.23. The number of rotatable bonds is 3. The number of piperidine rings is 1. The molecule has 16 heavy (non-hydrogen) atoms. The molecular weight excluding hydrogens is 203 g/mol. The Labute approximate surface area is 96.2 Å². The highest BCUT2D eigenvalue weighted by Gasteiger charge is 2.15. The monoisotopic (exact) mass is 222 g/mol. The fraction of sp³-hybridized carbons (Fsp3) is 0.538. The maximum atomic E-state index is 12.8. The van der Waals surface area contributed by atoms with Gasteiger partial charge in [-0.15, -0.1) is 0 Å². The first-order valence-electron chi connectivity index (χ1n) is 5.98. The van der Waals surface area contributed by atoms with Gasteiger partial charge in [-0.1, -0.05) is 12.1 Å². The molecule has 1 aliphatic rings. The highest BCUT2D eigenvalue weighted by Crippen LogP contribution is 2.15. The number of hydrogen-bond acceptors (Lipinski definition) is 2. The van der Waals surface area contributed by atoms with Crippen LogP contribution in [0.15, 0.2) is 24.3 Å². The van der Waals surface area contributed by atoms with Crippen LogP contribution >= 0.6 is 0 Å². The first kappa shape index (κ1) is 11.6. The van der Waals surface area contributed by atoms with Crippen molar-refractivity contribution in [3.63, 3.8) is 0 Å². The molecule has 0 spiro atoms. The summed E-state index contributed by atoms with van der Waals surface area (Å²) >= 11 is 0. The second-order valence-corrected chi connectivity index (χ2v) is 4.46. The van der Waals surface area contributed by atoms with Crippen LogP contribution in [-0.4, -0.2) is 19.1 Å². The lowest BCUT2D eigenvalue weighted by Gasteiger charge is -2.27. The van der Waals surface area contributed by atoms with Gasteiger partial charge in [-0.3, -0.25) is 0 Å². The van der Waals surface area contributed by atoms with E-state index in [1.54, 1.807) is 0 Å². The summed E-state index contributed by atoms with van der Waals surface area (Å²) in [4.78, 5) is 0. The zero-order chi connectivity index (χ0) is 11.4. The van der Waals surface area contributed by atoms with E-state index < -0.39 is 0 Å². The maximum absolute atomic E-state index is 12.8. The van der Waals surface area contributed by atoms with Crippen molar-refractivity contribution in [1.82, 2.24) is 10.6 Å². The average molecular weight is 222 g/mol. The van der Waals surface area contributed by atoms with Gasteiger partial charge in [0.15, 0.2) is 0 Å². The molecule has 0 aliphatic carbocycles. The molecule has 1 atom stereocenters. The largest absolute Gasteiger partial charge is 0.317 e. The molecule has 3 heteroatoms. The zero-order valence-electron chi connectivity index (χ0n) is 9.67. The van der Waals surface area contributed by atoms with Gasteiger partial charge in [-0.2, -0.15) is 0 Å². The summed E-state index contributed by atoms with van der Waals surface area (Å²) in [5, 5.41) is 6.94. The van der Waals surface area contributed by atoms with Crippen LogP contribution in [0.4, 0.5) is 4.39 Å². The van der Waals surface area contributed by atoms with Gasteiger partial charge in [0.25, 0.3) is 0 Å². The molecule has 2 nitrogen and oxygen atoms in total. The predicted molar refractivity (Wildman–Crippen MR) is 63.8 cm³/mol. The molecule has 0 amide bonds. The van der Waals surface area contributed by atoms with Gasteiger partial charge >= 0.3 is 0 Å². The molecule has 2 rings (SSSR count). The van der Waals surface area contributed by atoms with Crippen LogP contribution in [0.25, 0.3) is 0 Å². The van der Waals surface area contributed by atoms with Crippen LogP contribution in [0, 0.1) is 5.82 Å². The van der Waals surface area contributed by atoms with Gasteiger partial charge in [0.05, 0.1) is 0 Å². The second kappa shape index (κ2) is 5.41. The minimum Gasteiger partial charge on any atom is -0.317 e. The fourth-order valence-electron chi connectivity index (χ4n) is 2.19. The van der Waals surface area contributed by atoms with Crippen molar-refractivity contribution in [2.24, 2.45) is 0 Å². The molecule has 0 aromatic heterocycles. The SMILES string of the molecule is CC(NC1CCNCC1)c1ccc(F)cc1. The second-order valence-electron chi connectivity index (χ2n) is 4.46. The van der Waals surface area contributed by atoms with Crippen LogP contribution < -0.4 is 10.6 Å². The molecule has 0 bridgehead atoms. The fourth-order valence-corrected chi connectivity index (χ4v) is 2.19. The molecule has 1 aliphatic heterocycles. The Hall–Kier alpha value is -0.930. The van der Waals surface area contributed by atoms with Crippen molar-refractivity contribution in [3.05, 3.63) is 35.6 Å². The Morgan fingerprint density at radius 1 is 1.25 bits per heavy atom. The van der Waals surface area contributed by atoms with E-state index in [1.807, 2.05) is 12.1 Å². The molecule has 1 fully saturated rings. The molecule has 0 radical (unpaired) electrons. The molecule has 88 valence electrons. The van der Waals surface area contributed by atoms with Gasteiger partial charge in [0.1, 0.15) is 5.82 Å². The van der Waals surface area contributed by atoms with E-state index in [-0.39, 0.29) is 5.82 Å². The lowest BCUT2D eigenvalue weighted by atomic mass is 10.0. The van der Waals surface area contributed by atoms with Crippen molar-refractivity contribution in [3.8, 4) is 0 Å². The normalized spacial score (nSPS) is 19.6. The van der Waals surface area contributed by atoms with Gasteiger partial charge in [0.2, 0.25) is 0 Å². The summed E-state index contributed by atoms with van der Waals surface area (Å²) in [6, 6.07) is 7.64. The van der Waals surface area contributed by atoms with Crippen LogP contribution in [0.2, 0.25) is 0 Å². The van der Waals surface area contributed by atoms with Crippen molar-refractivity contribution < 1.29 is 4.39 Å². The maximum Gasteiger partial charge on any atom is 0.123 e. The smallest absolute Gasteiger partial charge is 0.123 e. The topological polar surface area (TPSA) is 24.1 Å².